The first-order valence-electron chi connectivity index (χ1n) is 6.94. The molecule has 8 nitrogen and oxygen atoms in total. The van der Waals surface area contributed by atoms with Crippen molar-refractivity contribution in [2.24, 2.45) is 0 Å². The molecule has 0 aromatic carbocycles. The number of hydrogen-bond donors (Lipinski definition) is 3. The second kappa shape index (κ2) is 6.42. The van der Waals surface area contributed by atoms with E-state index in [2.05, 4.69) is 20.7 Å². The number of nitrogens with zero attached hydrogens (tertiary/aromatic N) is 2. The zero-order valence-corrected chi connectivity index (χ0v) is 12.6. The number of H-pyrrole nitrogens is 1. The summed E-state index contributed by atoms with van der Waals surface area (Å²) < 4.78 is 5.03. The van der Waals surface area contributed by atoms with Crippen LogP contribution in [-0.2, 0) is 11.2 Å². The van der Waals surface area contributed by atoms with Gasteiger partial charge in [0.2, 0.25) is 0 Å². The highest BCUT2D eigenvalue weighted by atomic mass is 16.5. The summed E-state index contributed by atoms with van der Waals surface area (Å²) in [5.41, 5.74) is 1.63. The first-order valence-corrected chi connectivity index (χ1v) is 6.94. The number of hydrogen-bond acceptors (Lipinski definition) is 5. The van der Waals surface area contributed by atoms with Crippen molar-refractivity contribution >= 4 is 11.9 Å². The van der Waals surface area contributed by atoms with Gasteiger partial charge in [0.15, 0.2) is 11.7 Å². The summed E-state index contributed by atoms with van der Waals surface area (Å²) in [5.74, 6) is -1.17. The molecule has 0 aliphatic carbocycles. The lowest BCUT2D eigenvalue weighted by molar-refractivity contribution is -0.139. The van der Waals surface area contributed by atoms with Crippen LogP contribution in [-0.4, -0.2) is 32.3 Å². The smallest absolute Gasteiger partial charge is 0.331 e. The Hall–Kier alpha value is -2.64. The largest absolute Gasteiger partial charge is 0.479 e. The van der Waals surface area contributed by atoms with Gasteiger partial charge in [-0.3, -0.25) is 9.89 Å². The molecule has 0 fully saturated rings. The van der Waals surface area contributed by atoms with Crippen molar-refractivity contribution in [2.45, 2.75) is 39.7 Å². The summed E-state index contributed by atoms with van der Waals surface area (Å²) in [6, 6.07) is 0.324. The predicted molar refractivity (Wildman–Crippen MR) is 76.4 cm³/mol. The van der Waals surface area contributed by atoms with Gasteiger partial charge in [-0.1, -0.05) is 12.1 Å². The maximum absolute atomic E-state index is 12.2. The van der Waals surface area contributed by atoms with Crippen LogP contribution in [0.1, 0.15) is 52.6 Å². The number of rotatable bonds is 6. The zero-order valence-electron chi connectivity index (χ0n) is 12.6. The Labute approximate surface area is 126 Å². The van der Waals surface area contributed by atoms with Crippen molar-refractivity contribution in [3.63, 3.8) is 0 Å². The number of aromatic nitrogens is 3. The molecule has 2 heterocycles. The number of aromatic amines is 1. The third-order valence-electron chi connectivity index (χ3n) is 3.28. The van der Waals surface area contributed by atoms with Crippen molar-refractivity contribution in [1.29, 1.82) is 0 Å². The molecule has 2 rings (SSSR count). The minimum atomic E-state index is -1.20. The fourth-order valence-corrected chi connectivity index (χ4v) is 2.23. The van der Waals surface area contributed by atoms with Crippen molar-refractivity contribution < 1.29 is 19.2 Å². The molecular weight excluding hydrogens is 288 g/mol. The Bertz CT molecular complexity index is 669. The molecule has 0 saturated heterocycles. The maximum Gasteiger partial charge on any atom is 0.331 e. The minimum Gasteiger partial charge on any atom is -0.479 e. The van der Waals surface area contributed by atoms with E-state index >= 15 is 0 Å². The van der Waals surface area contributed by atoms with E-state index in [0.29, 0.717) is 29.1 Å². The van der Waals surface area contributed by atoms with Crippen molar-refractivity contribution in [3.05, 3.63) is 34.5 Å². The molecule has 2 aromatic rings. The van der Waals surface area contributed by atoms with Crippen LogP contribution in [0.5, 0.6) is 0 Å². The first kappa shape index (κ1) is 15.7. The first-order chi connectivity index (χ1) is 10.4. The van der Waals surface area contributed by atoms with E-state index in [1.807, 2.05) is 6.92 Å². The molecule has 22 heavy (non-hydrogen) atoms. The number of carbonyl (C=O) groups excluding carboxylic acids is 1. The highest BCUT2D eigenvalue weighted by Crippen LogP contribution is 2.20. The molecule has 0 bridgehead atoms. The summed E-state index contributed by atoms with van der Waals surface area (Å²) in [4.78, 5) is 23.6. The average Bonchev–Trinajstić information content (AvgIpc) is 3.04. The van der Waals surface area contributed by atoms with E-state index in [-0.39, 0.29) is 5.69 Å². The number of nitrogens with one attached hydrogen (secondary N) is 2. The summed E-state index contributed by atoms with van der Waals surface area (Å²) in [6.45, 7) is 5.36. The lowest BCUT2D eigenvalue weighted by Gasteiger charge is -2.14. The van der Waals surface area contributed by atoms with Crippen molar-refractivity contribution in [1.82, 2.24) is 20.7 Å². The molecule has 0 unspecified atom stereocenters. The number of carbonyl (C=O) groups is 2. The second-order valence-electron chi connectivity index (χ2n) is 5.02. The van der Waals surface area contributed by atoms with E-state index in [4.69, 9.17) is 4.52 Å². The number of amides is 1. The van der Waals surface area contributed by atoms with Gasteiger partial charge in [-0.25, -0.2) is 4.79 Å². The van der Waals surface area contributed by atoms with E-state index in [0.717, 1.165) is 6.42 Å². The predicted octanol–water partition coefficient (Wildman–Crippen LogP) is 1.52. The molecule has 0 saturated carbocycles. The topological polar surface area (TPSA) is 121 Å². The summed E-state index contributed by atoms with van der Waals surface area (Å²) in [7, 11) is 0. The summed E-state index contributed by atoms with van der Waals surface area (Å²) >= 11 is 0. The Morgan fingerprint density at radius 1 is 1.45 bits per heavy atom. The Morgan fingerprint density at radius 3 is 2.73 bits per heavy atom. The van der Waals surface area contributed by atoms with Gasteiger partial charge in [0.05, 0.1) is 5.69 Å². The lowest BCUT2D eigenvalue weighted by atomic mass is 10.0. The van der Waals surface area contributed by atoms with Gasteiger partial charge in [0, 0.05) is 23.7 Å². The van der Waals surface area contributed by atoms with Crippen LogP contribution in [0.2, 0.25) is 0 Å². The van der Waals surface area contributed by atoms with Crippen LogP contribution >= 0.6 is 0 Å². The van der Waals surface area contributed by atoms with Crippen LogP contribution in [0.15, 0.2) is 10.6 Å². The van der Waals surface area contributed by atoms with Crippen LogP contribution in [0.4, 0.5) is 0 Å². The van der Waals surface area contributed by atoms with Crippen LogP contribution in [0, 0.1) is 13.8 Å². The minimum absolute atomic E-state index is 0.0634. The molecular formula is C14H18N4O4. The molecule has 1 atom stereocenters. The van der Waals surface area contributed by atoms with E-state index < -0.39 is 17.9 Å². The molecule has 8 heteroatoms. The molecule has 118 valence electrons. The lowest BCUT2D eigenvalue weighted by Crippen LogP contribution is -2.34. The summed E-state index contributed by atoms with van der Waals surface area (Å²) in [5, 5.41) is 22.2. The number of carboxylic acid groups (broad SMARTS) is 1. The quantitative estimate of drug-likeness (QED) is 0.744. The SMILES string of the molecule is CCCc1cc(C(=O)N[C@H](C(=O)O)c2c(C)n[nH]c2C)no1. The van der Waals surface area contributed by atoms with E-state index in [9.17, 15) is 14.7 Å². The molecule has 2 aromatic heterocycles. The molecule has 3 N–H and O–H groups in total. The zero-order chi connectivity index (χ0) is 16.3. The third-order valence-corrected chi connectivity index (χ3v) is 3.28. The number of carboxylic acids is 1. The van der Waals surface area contributed by atoms with Crippen molar-refractivity contribution in [2.75, 3.05) is 0 Å². The fourth-order valence-electron chi connectivity index (χ4n) is 2.23. The molecule has 0 aliphatic heterocycles. The Morgan fingerprint density at radius 2 is 2.18 bits per heavy atom. The van der Waals surface area contributed by atoms with E-state index in [1.54, 1.807) is 13.8 Å². The molecule has 0 aliphatic rings. The van der Waals surface area contributed by atoms with Gasteiger partial charge in [-0.2, -0.15) is 5.10 Å². The van der Waals surface area contributed by atoms with Crippen LogP contribution in [0.25, 0.3) is 0 Å². The summed E-state index contributed by atoms with van der Waals surface area (Å²) in [6.07, 6.45) is 1.53. The molecule has 0 spiro atoms. The fraction of sp³-hybridized carbons (Fsp3) is 0.429. The molecule has 0 radical (unpaired) electrons. The Kier molecular flexibility index (Phi) is 4.59. The van der Waals surface area contributed by atoms with Gasteiger partial charge in [0.25, 0.3) is 5.91 Å². The van der Waals surface area contributed by atoms with Gasteiger partial charge in [0.1, 0.15) is 5.76 Å². The standard InChI is InChI=1S/C14H18N4O4/c1-4-5-9-6-10(18-22-9)13(19)15-12(14(20)21)11-7(2)16-17-8(11)3/h6,12H,4-5H2,1-3H3,(H,15,19)(H,16,17)(H,20,21)/t12-/m0/s1. The van der Waals surface area contributed by atoms with Crippen molar-refractivity contribution in [3.8, 4) is 0 Å². The second-order valence-corrected chi connectivity index (χ2v) is 5.02. The number of aryl methyl sites for hydroxylation is 3. The normalized spacial score (nSPS) is 12.1. The maximum atomic E-state index is 12.2. The monoisotopic (exact) mass is 306 g/mol. The van der Waals surface area contributed by atoms with E-state index in [1.165, 1.54) is 6.07 Å². The third kappa shape index (κ3) is 3.16. The Balaban J connectivity index is 2.21. The average molecular weight is 306 g/mol. The van der Waals surface area contributed by atoms with Gasteiger partial charge >= 0.3 is 5.97 Å². The van der Waals surface area contributed by atoms with Crippen LogP contribution in [0.3, 0.4) is 0 Å². The van der Waals surface area contributed by atoms with Gasteiger partial charge in [-0.15, -0.1) is 0 Å². The highest BCUT2D eigenvalue weighted by Gasteiger charge is 2.28. The number of aliphatic carboxylic acids is 1. The highest BCUT2D eigenvalue weighted by molar-refractivity contribution is 5.95. The van der Waals surface area contributed by atoms with Gasteiger partial charge < -0.3 is 14.9 Å². The van der Waals surface area contributed by atoms with Crippen LogP contribution < -0.4 is 5.32 Å². The molecule has 1 amide bonds. The van der Waals surface area contributed by atoms with Gasteiger partial charge in [-0.05, 0) is 20.3 Å².